The molecule has 1 N–H and O–H groups in total. The molecule has 98 valence electrons. The van der Waals surface area contributed by atoms with Crippen LogP contribution < -0.4 is 5.32 Å². The summed E-state index contributed by atoms with van der Waals surface area (Å²) >= 11 is 0. The van der Waals surface area contributed by atoms with Gasteiger partial charge in [0, 0.05) is 31.2 Å². The van der Waals surface area contributed by atoms with Crippen molar-refractivity contribution in [2.24, 2.45) is 5.92 Å². The molecule has 4 heteroatoms. The zero-order valence-corrected chi connectivity index (χ0v) is 11.5. The van der Waals surface area contributed by atoms with E-state index in [0.717, 1.165) is 32.6 Å². The number of carbonyl (C=O) groups excluding carboxylic acids is 1. The van der Waals surface area contributed by atoms with Crippen LogP contribution in [-0.4, -0.2) is 60.5 Å². The van der Waals surface area contributed by atoms with Crippen LogP contribution in [0.1, 0.15) is 27.2 Å². The van der Waals surface area contributed by atoms with Crippen molar-refractivity contribution in [2.75, 3.05) is 33.2 Å². The Labute approximate surface area is 104 Å². The Morgan fingerprint density at radius 3 is 2.59 bits per heavy atom. The number of nitrogens with one attached hydrogen (secondary N) is 1. The van der Waals surface area contributed by atoms with Gasteiger partial charge in [0.2, 0.25) is 5.91 Å². The van der Waals surface area contributed by atoms with Crippen molar-refractivity contribution >= 4 is 5.91 Å². The Morgan fingerprint density at radius 2 is 2.06 bits per heavy atom. The van der Waals surface area contributed by atoms with Crippen LogP contribution >= 0.6 is 0 Å². The molecule has 2 aliphatic heterocycles. The van der Waals surface area contributed by atoms with E-state index < -0.39 is 0 Å². The Morgan fingerprint density at radius 1 is 1.35 bits per heavy atom. The molecule has 0 aromatic rings. The quantitative estimate of drug-likeness (QED) is 0.725. The van der Waals surface area contributed by atoms with Gasteiger partial charge in [0.05, 0.1) is 5.92 Å². The first-order valence-electron chi connectivity index (χ1n) is 6.65. The lowest BCUT2D eigenvalue weighted by molar-refractivity contribution is -0.140. The highest BCUT2D eigenvalue weighted by Crippen LogP contribution is 2.23. The van der Waals surface area contributed by atoms with Crippen molar-refractivity contribution in [3.05, 3.63) is 0 Å². The Bertz CT molecular complexity index is 303. The van der Waals surface area contributed by atoms with Gasteiger partial charge in [0.1, 0.15) is 0 Å². The van der Waals surface area contributed by atoms with E-state index in [1.165, 1.54) is 0 Å². The van der Waals surface area contributed by atoms with Crippen molar-refractivity contribution in [3.63, 3.8) is 0 Å². The van der Waals surface area contributed by atoms with Crippen LogP contribution in [0.25, 0.3) is 0 Å². The topological polar surface area (TPSA) is 35.6 Å². The van der Waals surface area contributed by atoms with Gasteiger partial charge in [-0.25, -0.2) is 0 Å². The van der Waals surface area contributed by atoms with Crippen LogP contribution in [0, 0.1) is 5.92 Å². The molecule has 2 saturated heterocycles. The number of rotatable bonds is 1. The lowest BCUT2D eigenvalue weighted by Gasteiger charge is -2.46. The SMILES string of the molecule is CC1NCCC1C(=O)N1CCN(C)C(C)(C)C1. The highest BCUT2D eigenvalue weighted by molar-refractivity contribution is 5.80. The molecule has 2 rings (SSSR count). The third-order valence-corrected chi connectivity index (χ3v) is 4.47. The fourth-order valence-electron chi connectivity index (χ4n) is 2.86. The largest absolute Gasteiger partial charge is 0.339 e. The van der Waals surface area contributed by atoms with E-state index in [4.69, 9.17) is 0 Å². The van der Waals surface area contributed by atoms with Gasteiger partial charge in [-0.15, -0.1) is 0 Å². The van der Waals surface area contributed by atoms with Gasteiger partial charge in [-0.1, -0.05) is 0 Å². The molecule has 2 aliphatic rings. The van der Waals surface area contributed by atoms with Gasteiger partial charge in [-0.05, 0) is 40.8 Å². The fourth-order valence-corrected chi connectivity index (χ4v) is 2.86. The van der Waals surface area contributed by atoms with E-state index in [2.05, 4.69) is 42.9 Å². The normalized spacial score (nSPS) is 34.0. The van der Waals surface area contributed by atoms with Crippen LogP contribution in [0.5, 0.6) is 0 Å². The summed E-state index contributed by atoms with van der Waals surface area (Å²) in [7, 11) is 2.14. The molecule has 0 spiro atoms. The minimum absolute atomic E-state index is 0.100. The lowest BCUT2D eigenvalue weighted by atomic mass is 9.95. The van der Waals surface area contributed by atoms with Gasteiger partial charge in [-0.3, -0.25) is 9.69 Å². The highest BCUT2D eigenvalue weighted by atomic mass is 16.2. The summed E-state index contributed by atoms with van der Waals surface area (Å²) in [6.45, 7) is 10.2. The molecule has 0 saturated carbocycles. The smallest absolute Gasteiger partial charge is 0.227 e. The first-order chi connectivity index (χ1) is 7.92. The number of carbonyl (C=O) groups is 1. The molecular formula is C13H25N3O. The first kappa shape index (κ1) is 12.8. The van der Waals surface area contributed by atoms with Crippen LogP contribution in [0.4, 0.5) is 0 Å². The minimum atomic E-state index is 0.100. The number of hydrogen-bond acceptors (Lipinski definition) is 3. The molecule has 2 unspecified atom stereocenters. The summed E-state index contributed by atoms with van der Waals surface area (Å²) in [5, 5.41) is 3.36. The Balaban J connectivity index is 2.01. The van der Waals surface area contributed by atoms with E-state index in [0.29, 0.717) is 11.9 Å². The zero-order valence-electron chi connectivity index (χ0n) is 11.5. The Kier molecular flexibility index (Phi) is 3.46. The standard InChI is InChI=1S/C13H25N3O/c1-10-11(5-6-14-10)12(17)16-8-7-15(4)13(2,3)9-16/h10-11,14H,5-9H2,1-4H3. The number of hydrogen-bond donors (Lipinski definition) is 1. The average Bonchev–Trinajstić information content (AvgIpc) is 2.67. The second-order valence-electron chi connectivity index (χ2n) is 6.13. The number of piperazine rings is 1. The molecule has 0 aliphatic carbocycles. The van der Waals surface area contributed by atoms with Gasteiger partial charge in [0.25, 0.3) is 0 Å². The first-order valence-corrected chi connectivity index (χ1v) is 6.65. The van der Waals surface area contributed by atoms with E-state index in [1.54, 1.807) is 0 Å². The second kappa shape index (κ2) is 4.58. The van der Waals surface area contributed by atoms with E-state index in [9.17, 15) is 4.79 Å². The van der Waals surface area contributed by atoms with Crippen molar-refractivity contribution in [1.29, 1.82) is 0 Å². The maximum atomic E-state index is 12.5. The van der Waals surface area contributed by atoms with Gasteiger partial charge >= 0.3 is 0 Å². The minimum Gasteiger partial charge on any atom is -0.339 e. The molecule has 2 fully saturated rings. The summed E-state index contributed by atoms with van der Waals surface area (Å²) in [6.07, 6.45) is 0.993. The monoisotopic (exact) mass is 239 g/mol. The number of likely N-dealkylation sites (N-methyl/N-ethyl adjacent to an activating group) is 1. The maximum Gasteiger partial charge on any atom is 0.227 e. The lowest BCUT2D eigenvalue weighted by Crippen LogP contribution is -2.60. The predicted molar refractivity (Wildman–Crippen MR) is 68.9 cm³/mol. The van der Waals surface area contributed by atoms with Crippen molar-refractivity contribution in [3.8, 4) is 0 Å². The molecule has 17 heavy (non-hydrogen) atoms. The fraction of sp³-hybridized carbons (Fsp3) is 0.923. The third kappa shape index (κ3) is 2.47. The number of nitrogens with zero attached hydrogens (tertiary/aromatic N) is 2. The van der Waals surface area contributed by atoms with Crippen molar-refractivity contribution < 1.29 is 4.79 Å². The number of amides is 1. The van der Waals surface area contributed by atoms with Crippen LogP contribution in [0.15, 0.2) is 0 Å². The molecule has 0 aromatic heterocycles. The van der Waals surface area contributed by atoms with Crippen molar-refractivity contribution in [2.45, 2.75) is 38.8 Å². The summed E-state index contributed by atoms with van der Waals surface area (Å²) in [5.74, 6) is 0.540. The third-order valence-electron chi connectivity index (χ3n) is 4.47. The van der Waals surface area contributed by atoms with E-state index in [-0.39, 0.29) is 11.5 Å². The maximum absolute atomic E-state index is 12.5. The van der Waals surface area contributed by atoms with Crippen LogP contribution in [-0.2, 0) is 4.79 Å². The van der Waals surface area contributed by atoms with Crippen molar-refractivity contribution in [1.82, 2.24) is 15.1 Å². The van der Waals surface area contributed by atoms with Gasteiger partial charge < -0.3 is 10.2 Å². The molecule has 0 aromatic carbocycles. The predicted octanol–water partition coefficient (Wildman–Crippen LogP) is 0.537. The van der Waals surface area contributed by atoms with E-state index in [1.807, 2.05) is 0 Å². The Hall–Kier alpha value is -0.610. The average molecular weight is 239 g/mol. The summed E-state index contributed by atoms with van der Waals surface area (Å²) in [4.78, 5) is 16.9. The summed E-state index contributed by atoms with van der Waals surface area (Å²) in [5.41, 5.74) is 0.100. The molecule has 2 heterocycles. The second-order valence-corrected chi connectivity index (χ2v) is 6.13. The van der Waals surface area contributed by atoms with Gasteiger partial charge in [-0.2, -0.15) is 0 Å². The van der Waals surface area contributed by atoms with Gasteiger partial charge in [0.15, 0.2) is 0 Å². The highest BCUT2D eigenvalue weighted by Gasteiger charge is 2.38. The molecular weight excluding hydrogens is 214 g/mol. The molecule has 4 nitrogen and oxygen atoms in total. The summed E-state index contributed by atoms with van der Waals surface area (Å²) < 4.78 is 0. The zero-order chi connectivity index (χ0) is 12.6. The molecule has 0 radical (unpaired) electrons. The van der Waals surface area contributed by atoms with E-state index >= 15 is 0 Å². The molecule has 1 amide bonds. The summed E-state index contributed by atoms with van der Waals surface area (Å²) in [6, 6.07) is 0.338. The van der Waals surface area contributed by atoms with Crippen LogP contribution in [0.3, 0.4) is 0 Å². The molecule has 2 atom stereocenters. The van der Waals surface area contributed by atoms with Crippen LogP contribution in [0.2, 0.25) is 0 Å². The molecule has 0 bridgehead atoms.